The Morgan fingerprint density at radius 3 is 0.787 bits per heavy atom. The summed E-state index contributed by atoms with van der Waals surface area (Å²) in [5, 5.41) is 0. The average Bonchev–Trinajstić information content (AvgIpc) is 3.46. The van der Waals surface area contributed by atoms with E-state index in [-0.39, 0.29) is 31.1 Å². The number of carbonyl (C=O) groups excluding carboxylic acids is 3. The molecule has 0 spiro atoms. The number of hydrogen-bond acceptors (Lipinski definition) is 6. The Hall–Kier alpha value is -2.89. The Kier molecular flexibility index (Phi) is 66.1. The third kappa shape index (κ3) is 65.9. The lowest BCUT2D eigenvalue weighted by atomic mass is 10.0. The smallest absolute Gasteiger partial charge is 0.306 e. The quantitative estimate of drug-likeness (QED) is 0.0261. The van der Waals surface area contributed by atoms with Gasteiger partial charge in [0.15, 0.2) is 6.10 Å². The molecule has 1 unspecified atom stereocenters. The van der Waals surface area contributed by atoms with E-state index >= 15 is 0 Å². The topological polar surface area (TPSA) is 78.9 Å². The van der Waals surface area contributed by atoms with Crippen molar-refractivity contribution in [3.8, 4) is 0 Å². The minimum absolute atomic E-state index is 0.0797. The molecule has 0 radical (unpaired) electrons. The maximum atomic E-state index is 12.9. The van der Waals surface area contributed by atoms with E-state index in [1.807, 2.05) is 0 Å². The van der Waals surface area contributed by atoms with Gasteiger partial charge in [-0.25, -0.2) is 0 Å². The van der Waals surface area contributed by atoms with E-state index < -0.39 is 6.10 Å². The minimum Gasteiger partial charge on any atom is -0.462 e. The normalized spacial score (nSPS) is 12.4. The SMILES string of the molecule is CC/C=C\C/C=C\C/C=C\CCCCCCCCCC(=O)OC(COC(=O)CCCCCCC/C=C\C/C=C\CCCCC)COC(=O)CCCCCCCCCCCCCCCCCCCCCCCCCCCCCCCC. The highest BCUT2D eigenvalue weighted by Gasteiger charge is 2.19. The number of allylic oxidation sites excluding steroid dienone is 10. The van der Waals surface area contributed by atoms with Crippen molar-refractivity contribution in [1.29, 1.82) is 0 Å². The van der Waals surface area contributed by atoms with Gasteiger partial charge in [-0.05, 0) is 83.5 Å². The third-order valence-electron chi connectivity index (χ3n) is 15.8. The van der Waals surface area contributed by atoms with Crippen LogP contribution in [0.15, 0.2) is 60.8 Å². The maximum absolute atomic E-state index is 12.9. The summed E-state index contributed by atoms with van der Waals surface area (Å²) in [4.78, 5) is 38.4. The molecule has 0 amide bonds. The molecule has 0 aromatic heterocycles. The van der Waals surface area contributed by atoms with Crippen molar-refractivity contribution >= 4 is 17.9 Å². The van der Waals surface area contributed by atoms with Crippen molar-refractivity contribution in [2.75, 3.05) is 13.2 Å². The van der Waals surface area contributed by atoms with Crippen molar-refractivity contribution in [3.63, 3.8) is 0 Å². The molecule has 0 aliphatic carbocycles. The monoisotopic (exact) mass is 1120 g/mol. The molecular formula is C74H134O6. The van der Waals surface area contributed by atoms with Crippen LogP contribution < -0.4 is 0 Å². The zero-order valence-corrected chi connectivity index (χ0v) is 53.6. The van der Waals surface area contributed by atoms with E-state index in [4.69, 9.17) is 14.2 Å². The van der Waals surface area contributed by atoms with Crippen LogP contribution in [0.1, 0.15) is 374 Å². The van der Waals surface area contributed by atoms with Crippen molar-refractivity contribution < 1.29 is 28.6 Å². The van der Waals surface area contributed by atoms with Crippen LogP contribution in [0.3, 0.4) is 0 Å². The zero-order chi connectivity index (χ0) is 57.8. The van der Waals surface area contributed by atoms with Crippen LogP contribution in [0.2, 0.25) is 0 Å². The number of esters is 3. The van der Waals surface area contributed by atoms with Crippen LogP contribution in [0.5, 0.6) is 0 Å². The molecule has 0 aliphatic heterocycles. The molecule has 0 saturated heterocycles. The van der Waals surface area contributed by atoms with Gasteiger partial charge in [0.1, 0.15) is 13.2 Å². The van der Waals surface area contributed by atoms with Gasteiger partial charge in [-0.15, -0.1) is 0 Å². The van der Waals surface area contributed by atoms with E-state index in [2.05, 4.69) is 81.5 Å². The first kappa shape index (κ1) is 77.1. The molecule has 0 bridgehead atoms. The highest BCUT2D eigenvalue weighted by Crippen LogP contribution is 2.18. The fraction of sp³-hybridized carbons (Fsp3) is 0.824. The first-order valence-electron chi connectivity index (χ1n) is 35.3. The highest BCUT2D eigenvalue weighted by molar-refractivity contribution is 5.71. The van der Waals surface area contributed by atoms with Gasteiger partial charge < -0.3 is 14.2 Å². The van der Waals surface area contributed by atoms with Crippen LogP contribution in [-0.4, -0.2) is 37.2 Å². The predicted octanol–water partition coefficient (Wildman–Crippen LogP) is 24.3. The van der Waals surface area contributed by atoms with Gasteiger partial charge in [0.25, 0.3) is 0 Å². The third-order valence-corrected chi connectivity index (χ3v) is 15.8. The molecule has 0 fully saturated rings. The molecule has 0 heterocycles. The van der Waals surface area contributed by atoms with Crippen molar-refractivity contribution in [2.45, 2.75) is 380 Å². The second-order valence-corrected chi connectivity index (χ2v) is 23.8. The summed E-state index contributed by atoms with van der Waals surface area (Å²) in [5.41, 5.74) is 0. The molecule has 1 atom stereocenters. The van der Waals surface area contributed by atoms with Gasteiger partial charge in [0.2, 0.25) is 0 Å². The largest absolute Gasteiger partial charge is 0.462 e. The molecule has 0 rings (SSSR count). The first-order valence-corrected chi connectivity index (χ1v) is 35.3. The van der Waals surface area contributed by atoms with Crippen LogP contribution in [0.4, 0.5) is 0 Å². The lowest BCUT2D eigenvalue weighted by Crippen LogP contribution is -2.30. The van der Waals surface area contributed by atoms with Gasteiger partial charge in [-0.1, -0.05) is 332 Å². The summed E-state index contributed by atoms with van der Waals surface area (Å²) in [5.74, 6) is -0.883. The summed E-state index contributed by atoms with van der Waals surface area (Å²) >= 11 is 0. The molecule has 0 N–H and O–H groups in total. The first-order chi connectivity index (χ1) is 39.5. The van der Waals surface area contributed by atoms with Crippen LogP contribution in [0.25, 0.3) is 0 Å². The van der Waals surface area contributed by atoms with Gasteiger partial charge in [0, 0.05) is 19.3 Å². The lowest BCUT2D eigenvalue weighted by molar-refractivity contribution is -0.167. The standard InChI is InChI=1S/C74H134O6/c1-4-7-10-13-16-19-22-25-28-30-31-32-33-34-35-36-37-38-39-40-41-42-44-46-49-52-55-58-61-64-67-73(76)79-70-71(69-78-72(75)66-63-60-57-54-51-48-45-27-24-21-18-15-12-9-6-3)80-74(77)68-65-62-59-56-53-50-47-43-29-26-23-20-17-14-11-8-5-2/h8,11,17-18,20-21,26-27,29,45,71H,4-7,9-10,12-16,19,22-25,28,30-44,46-70H2,1-3H3/b11-8-,20-17-,21-18-,29-26-,45-27-. The lowest BCUT2D eigenvalue weighted by Gasteiger charge is -2.18. The second kappa shape index (κ2) is 68.6. The molecule has 0 aliphatic rings. The van der Waals surface area contributed by atoms with Gasteiger partial charge in [-0.3, -0.25) is 14.4 Å². The zero-order valence-electron chi connectivity index (χ0n) is 53.6. The van der Waals surface area contributed by atoms with E-state index in [1.165, 1.54) is 231 Å². The van der Waals surface area contributed by atoms with Crippen LogP contribution in [0, 0.1) is 0 Å². The van der Waals surface area contributed by atoms with Gasteiger partial charge >= 0.3 is 17.9 Å². The Balaban J connectivity index is 4.20. The summed E-state index contributed by atoms with van der Waals surface area (Å²) in [6.07, 6.45) is 88.3. The number of carbonyl (C=O) groups is 3. The number of unbranched alkanes of at least 4 members (excludes halogenated alkanes) is 44. The van der Waals surface area contributed by atoms with E-state index in [9.17, 15) is 14.4 Å². The molecule has 466 valence electrons. The molecule has 0 aromatic carbocycles. The molecule has 0 saturated carbocycles. The van der Waals surface area contributed by atoms with Gasteiger partial charge in [0.05, 0.1) is 0 Å². The van der Waals surface area contributed by atoms with Crippen molar-refractivity contribution in [3.05, 3.63) is 60.8 Å². The Morgan fingerprint density at radius 1 is 0.263 bits per heavy atom. The summed E-state index contributed by atoms with van der Waals surface area (Å²) in [6.45, 7) is 6.54. The summed E-state index contributed by atoms with van der Waals surface area (Å²) < 4.78 is 17.0. The molecule has 6 heteroatoms. The van der Waals surface area contributed by atoms with Crippen LogP contribution >= 0.6 is 0 Å². The molecular weight excluding hydrogens is 985 g/mol. The summed E-state index contributed by atoms with van der Waals surface area (Å²) in [6, 6.07) is 0. The number of ether oxygens (including phenoxy) is 3. The fourth-order valence-electron chi connectivity index (χ4n) is 10.5. The van der Waals surface area contributed by atoms with Crippen LogP contribution in [-0.2, 0) is 28.6 Å². The number of hydrogen-bond donors (Lipinski definition) is 0. The van der Waals surface area contributed by atoms with E-state index in [0.717, 1.165) is 103 Å². The Morgan fingerprint density at radius 2 is 0.487 bits per heavy atom. The van der Waals surface area contributed by atoms with Crippen molar-refractivity contribution in [1.82, 2.24) is 0 Å². The number of rotatable bonds is 65. The maximum Gasteiger partial charge on any atom is 0.306 e. The minimum atomic E-state index is -0.786. The predicted molar refractivity (Wildman–Crippen MR) is 348 cm³/mol. The molecule has 0 aromatic rings. The average molecular weight is 1120 g/mol. The molecule has 80 heavy (non-hydrogen) atoms. The Bertz CT molecular complexity index is 1430. The van der Waals surface area contributed by atoms with E-state index in [1.54, 1.807) is 0 Å². The Labute approximate surface area is 498 Å². The highest BCUT2D eigenvalue weighted by atomic mass is 16.6. The second-order valence-electron chi connectivity index (χ2n) is 23.8. The summed E-state index contributed by atoms with van der Waals surface area (Å²) in [7, 11) is 0. The van der Waals surface area contributed by atoms with Gasteiger partial charge in [-0.2, -0.15) is 0 Å². The fourth-order valence-corrected chi connectivity index (χ4v) is 10.5. The van der Waals surface area contributed by atoms with Crippen molar-refractivity contribution in [2.24, 2.45) is 0 Å². The molecule has 6 nitrogen and oxygen atoms in total. The van der Waals surface area contributed by atoms with E-state index in [0.29, 0.717) is 19.3 Å².